The molecule has 1 aromatic heterocycles. The van der Waals surface area contributed by atoms with Crippen LogP contribution in [0.5, 0.6) is 0 Å². The fourth-order valence-electron chi connectivity index (χ4n) is 1.50. The zero-order valence-electron chi connectivity index (χ0n) is 10.5. The number of rotatable bonds is 6. The summed E-state index contributed by atoms with van der Waals surface area (Å²) in [6, 6.07) is 0. The van der Waals surface area contributed by atoms with E-state index in [-0.39, 0.29) is 17.4 Å². The quantitative estimate of drug-likeness (QED) is 0.725. The zero-order chi connectivity index (χ0) is 13.5. The number of carbonyl (C=O) groups excluding carboxylic acids is 1. The molecule has 0 aliphatic heterocycles. The number of likely N-dealkylation sites (N-methyl/N-ethyl adjacent to an activating group) is 1. The van der Waals surface area contributed by atoms with Crippen molar-refractivity contribution in [1.29, 1.82) is 0 Å². The number of nitrogens with zero attached hydrogens (tertiary/aromatic N) is 3. The molecule has 7 heteroatoms. The van der Waals surface area contributed by atoms with E-state index in [0.717, 1.165) is 0 Å². The molecular weight excluding hydrogens is 250 g/mol. The highest BCUT2D eigenvalue weighted by molar-refractivity contribution is 7.80. The van der Waals surface area contributed by atoms with Crippen molar-refractivity contribution in [3.05, 3.63) is 18.1 Å². The van der Waals surface area contributed by atoms with Crippen molar-refractivity contribution < 1.29 is 4.79 Å². The number of nitrogens with two attached hydrogens (primary N) is 1. The third-order valence-electron chi connectivity index (χ3n) is 2.45. The number of thiocarbonyl (C=S) groups is 1. The van der Waals surface area contributed by atoms with Gasteiger partial charge in [-0.1, -0.05) is 12.2 Å². The molecule has 0 saturated heterocycles. The fraction of sp³-hybridized carbons (Fsp3) is 0.455. The standard InChI is InChI=1S/C11H17N5OS/c1-3-16(4-2)8(17)7-15-11-9(10(12)18)13-5-6-14-11/h5-6H,3-4,7H2,1-2H3,(H2,12,18)(H,14,15). The van der Waals surface area contributed by atoms with Crippen LogP contribution < -0.4 is 11.1 Å². The van der Waals surface area contributed by atoms with Gasteiger partial charge in [-0.2, -0.15) is 0 Å². The maximum atomic E-state index is 11.8. The van der Waals surface area contributed by atoms with Gasteiger partial charge in [0.1, 0.15) is 10.7 Å². The molecule has 1 rings (SSSR count). The molecule has 0 radical (unpaired) electrons. The van der Waals surface area contributed by atoms with Crippen LogP contribution in [-0.2, 0) is 4.79 Å². The van der Waals surface area contributed by atoms with Gasteiger partial charge < -0.3 is 16.0 Å². The summed E-state index contributed by atoms with van der Waals surface area (Å²) in [5.74, 6) is 0.435. The molecule has 6 nitrogen and oxygen atoms in total. The average molecular weight is 267 g/mol. The highest BCUT2D eigenvalue weighted by Crippen LogP contribution is 2.07. The van der Waals surface area contributed by atoms with Gasteiger partial charge in [0, 0.05) is 25.5 Å². The first kappa shape index (κ1) is 14.3. The van der Waals surface area contributed by atoms with Gasteiger partial charge in [-0.3, -0.25) is 4.79 Å². The number of nitrogens with one attached hydrogen (secondary N) is 1. The lowest BCUT2D eigenvalue weighted by Gasteiger charge is -2.19. The summed E-state index contributed by atoms with van der Waals surface area (Å²) in [5, 5.41) is 2.91. The predicted molar refractivity (Wildman–Crippen MR) is 74.3 cm³/mol. The second kappa shape index (κ2) is 6.85. The van der Waals surface area contributed by atoms with Crippen molar-refractivity contribution in [2.24, 2.45) is 5.73 Å². The van der Waals surface area contributed by atoms with Crippen LogP contribution in [0.4, 0.5) is 5.82 Å². The van der Waals surface area contributed by atoms with E-state index >= 15 is 0 Å². The lowest BCUT2D eigenvalue weighted by atomic mass is 10.4. The van der Waals surface area contributed by atoms with Crippen LogP contribution in [0.2, 0.25) is 0 Å². The molecule has 0 atom stereocenters. The normalized spacial score (nSPS) is 9.89. The number of carbonyl (C=O) groups is 1. The summed E-state index contributed by atoms with van der Waals surface area (Å²) >= 11 is 4.87. The summed E-state index contributed by atoms with van der Waals surface area (Å²) < 4.78 is 0. The summed E-state index contributed by atoms with van der Waals surface area (Å²) in [6.07, 6.45) is 3.03. The lowest BCUT2D eigenvalue weighted by molar-refractivity contribution is -0.128. The summed E-state index contributed by atoms with van der Waals surface area (Å²) in [7, 11) is 0. The van der Waals surface area contributed by atoms with Crippen LogP contribution in [-0.4, -0.2) is 45.4 Å². The first-order valence-electron chi connectivity index (χ1n) is 5.72. The van der Waals surface area contributed by atoms with Crippen LogP contribution in [0.3, 0.4) is 0 Å². The highest BCUT2D eigenvalue weighted by Gasteiger charge is 2.12. The molecule has 0 saturated carbocycles. The Morgan fingerprint density at radius 2 is 2.00 bits per heavy atom. The molecule has 3 N–H and O–H groups in total. The molecule has 0 bridgehead atoms. The van der Waals surface area contributed by atoms with E-state index in [1.807, 2.05) is 13.8 Å². The first-order valence-corrected chi connectivity index (χ1v) is 6.13. The Hall–Kier alpha value is -1.76. The van der Waals surface area contributed by atoms with Gasteiger partial charge in [-0.15, -0.1) is 0 Å². The topological polar surface area (TPSA) is 84.1 Å². The van der Waals surface area contributed by atoms with Crippen LogP contribution in [0, 0.1) is 0 Å². The smallest absolute Gasteiger partial charge is 0.241 e. The maximum Gasteiger partial charge on any atom is 0.241 e. The van der Waals surface area contributed by atoms with Crippen LogP contribution >= 0.6 is 12.2 Å². The molecule has 0 spiro atoms. The Morgan fingerprint density at radius 1 is 1.39 bits per heavy atom. The summed E-state index contributed by atoms with van der Waals surface area (Å²) in [6.45, 7) is 5.38. The minimum absolute atomic E-state index is 0.000423. The molecule has 18 heavy (non-hydrogen) atoms. The lowest BCUT2D eigenvalue weighted by Crippen LogP contribution is -2.35. The number of amides is 1. The minimum Gasteiger partial charge on any atom is -0.388 e. The van der Waals surface area contributed by atoms with Gasteiger partial charge in [0.05, 0.1) is 6.54 Å². The molecule has 98 valence electrons. The predicted octanol–water partition coefficient (Wildman–Crippen LogP) is 0.391. The highest BCUT2D eigenvalue weighted by atomic mass is 32.1. The molecule has 1 aromatic rings. The molecule has 0 fully saturated rings. The van der Waals surface area contributed by atoms with Crippen molar-refractivity contribution in [3.63, 3.8) is 0 Å². The molecule has 0 aromatic carbocycles. The van der Waals surface area contributed by atoms with Crippen LogP contribution in [0.1, 0.15) is 19.5 Å². The maximum absolute atomic E-state index is 11.8. The molecule has 0 aliphatic carbocycles. The van der Waals surface area contributed by atoms with Crippen molar-refractivity contribution in [1.82, 2.24) is 14.9 Å². The van der Waals surface area contributed by atoms with E-state index in [9.17, 15) is 4.79 Å². The molecule has 1 heterocycles. The minimum atomic E-state index is -0.000423. The Kier molecular flexibility index (Phi) is 5.44. The van der Waals surface area contributed by atoms with Crippen molar-refractivity contribution in [2.75, 3.05) is 25.0 Å². The molecule has 0 unspecified atom stereocenters. The molecule has 1 amide bonds. The van der Waals surface area contributed by atoms with Gasteiger partial charge in [-0.25, -0.2) is 9.97 Å². The van der Waals surface area contributed by atoms with Crippen molar-refractivity contribution >= 4 is 28.9 Å². The SMILES string of the molecule is CCN(CC)C(=O)CNc1nccnc1C(N)=S. The largest absolute Gasteiger partial charge is 0.388 e. The Labute approximate surface area is 112 Å². The van der Waals surface area contributed by atoms with Crippen LogP contribution in [0.25, 0.3) is 0 Å². The van der Waals surface area contributed by atoms with Gasteiger partial charge in [0.2, 0.25) is 5.91 Å². The first-order chi connectivity index (χ1) is 8.60. The summed E-state index contributed by atoms with van der Waals surface area (Å²) in [5.41, 5.74) is 5.93. The Morgan fingerprint density at radius 3 is 2.56 bits per heavy atom. The number of hydrogen-bond acceptors (Lipinski definition) is 5. The van der Waals surface area contributed by atoms with Gasteiger partial charge in [0.25, 0.3) is 0 Å². The molecular formula is C11H17N5OS. The van der Waals surface area contributed by atoms with E-state index in [0.29, 0.717) is 24.6 Å². The summed E-state index contributed by atoms with van der Waals surface area (Å²) in [4.78, 5) is 21.8. The third-order valence-corrected chi connectivity index (χ3v) is 2.65. The van der Waals surface area contributed by atoms with E-state index in [1.165, 1.54) is 12.4 Å². The van der Waals surface area contributed by atoms with Gasteiger partial charge >= 0.3 is 0 Å². The number of hydrogen-bond donors (Lipinski definition) is 2. The van der Waals surface area contributed by atoms with E-state index < -0.39 is 0 Å². The Bertz CT molecular complexity index is 433. The van der Waals surface area contributed by atoms with Crippen LogP contribution in [0.15, 0.2) is 12.4 Å². The third kappa shape index (κ3) is 3.63. The van der Waals surface area contributed by atoms with Crippen molar-refractivity contribution in [2.45, 2.75) is 13.8 Å². The molecule has 0 aliphatic rings. The Balaban J connectivity index is 2.69. The number of anilines is 1. The average Bonchev–Trinajstić information content (AvgIpc) is 2.38. The van der Waals surface area contributed by atoms with E-state index in [1.54, 1.807) is 4.90 Å². The zero-order valence-corrected chi connectivity index (χ0v) is 11.3. The van der Waals surface area contributed by atoms with Gasteiger partial charge in [0.15, 0.2) is 5.82 Å². The fourth-order valence-corrected chi connectivity index (χ4v) is 1.64. The second-order valence-electron chi connectivity index (χ2n) is 3.54. The van der Waals surface area contributed by atoms with Crippen molar-refractivity contribution in [3.8, 4) is 0 Å². The number of aromatic nitrogens is 2. The van der Waals surface area contributed by atoms with E-state index in [2.05, 4.69) is 15.3 Å². The second-order valence-corrected chi connectivity index (χ2v) is 3.98. The monoisotopic (exact) mass is 267 g/mol. The van der Waals surface area contributed by atoms with E-state index in [4.69, 9.17) is 18.0 Å². The van der Waals surface area contributed by atoms with Gasteiger partial charge in [-0.05, 0) is 13.8 Å².